The summed E-state index contributed by atoms with van der Waals surface area (Å²) < 4.78 is 5.06. The Morgan fingerprint density at radius 2 is 2.05 bits per heavy atom. The van der Waals surface area contributed by atoms with Crippen LogP contribution in [0.5, 0.6) is 0 Å². The summed E-state index contributed by atoms with van der Waals surface area (Å²) >= 11 is 2.03. The van der Waals surface area contributed by atoms with Crippen LogP contribution in [-0.4, -0.2) is 50.3 Å². The predicted molar refractivity (Wildman–Crippen MR) is 95.8 cm³/mol. The minimum absolute atomic E-state index is 0.160. The largest absolute Gasteiger partial charge is 0.383 e. The molecule has 0 radical (unpaired) electrons. The molecule has 0 bridgehead atoms. The van der Waals surface area contributed by atoms with E-state index in [1.807, 2.05) is 18.7 Å². The first-order chi connectivity index (χ1) is 10.7. The van der Waals surface area contributed by atoms with Crippen LogP contribution in [0.15, 0.2) is 29.3 Å². The Labute approximate surface area is 137 Å². The van der Waals surface area contributed by atoms with Gasteiger partial charge in [-0.25, -0.2) is 4.99 Å². The molecular weight excluding hydrogens is 296 g/mol. The van der Waals surface area contributed by atoms with Crippen molar-refractivity contribution in [3.8, 4) is 0 Å². The average Bonchev–Trinajstić information content (AvgIpc) is 2.54. The van der Waals surface area contributed by atoms with Crippen LogP contribution in [0.2, 0.25) is 0 Å². The Kier molecular flexibility index (Phi) is 6.86. The molecule has 2 rings (SSSR count). The first kappa shape index (κ1) is 17.0. The van der Waals surface area contributed by atoms with Gasteiger partial charge < -0.3 is 20.7 Å². The summed E-state index contributed by atoms with van der Waals surface area (Å²) in [7, 11) is 1.67. The number of anilines is 1. The van der Waals surface area contributed by atoms with Gasteiger partial charge in [0.05, 0.1) is 13.2 Å². The number of guanidine groups is 1. The molecule has 6 heteroatoms. The Bertz CT molecular complexity index is 472. The molecule has 0 spiro atoms. The topological polar surface area (TPSA) is 62.9 Å². The summed E-state index contributed by atoms with van der Waals surface area (Å²) in [5.41, 5.74) is 8.34. The predicted octanol–water partition coefficient (Wildman–Crippen LogP) is 1.68. The highest BCUT2D eigenvalue weighted by Crippen LogP contribution is 2.20. The Hall–Kier alpha value is -1.40. The van der Waals surface area contributed by atoms with Crippen molar-refractivity contribution < 1.29 is 4.74 Å². The molecule has 122 valence electrons. The van der Waals surface area contributed by atoms with Gasteiger partial charge in [0.1, 0.15) is 0 Å². The van der Waals surface area contributed by atoms with Crippen LogP contribution in [-0.2, 0) is 11.3 Å². The van der Waals surface area contributed by atoms with Crippen molar-refractivity contribution in [2.75, 3.05) is 43.2 Å². The Morgan fingerprint density at radius 3 is 2.68 bits per heavy atom. The van der Waals surface area contributed by atoms with Crippen molar-refractivity contribution in [1.82, 2.24) is 5.32 Å². The van der Waals surface area contributed by atoms with Crippen LogP contribution in [0, 0.1) is 0 Å². The fourth-order valence-electron chi connectivity index (χ4n) is 2.40. The van der Waals surface area contributed by atoms with Gasteiger partial charge in [0, 0.05) is 43.4 Å². The lowest BCUT2D eigenvalue weighted by Crippen LogP contribution is -2.40. The van der Waals surface area contributed by atoms with Crippen molar-refractivity contribution in [3.63, 3.8) is 0 Å². The molecule has 1 aromatic carbocycles. The van der Waals surface area contributed by atoms with E-state index in [1.165, 1.54) is 22.8 Å². The van der Waals surface area contributed by atoms with Crippen molar-refractivity contribution in [2.24, 2.45) is 10.7 Å². The molecule has 22 heavy (non-hydrogen) atoms. The Balaban J connectivity index is 1.85. The Morgan fingerprint density at radius 1 is 1.36 bits per heavy atom. The lowest BCUT2D eigenvalue weighted by molar-refractivity contribution is 0.179. The normalized spacial score (nSPS) is 17.4. The average molecular weight is 322 g/mol. The zero-order valence-corrected chi connectivity index (χ0v) is 14.2. The molecule has 1 fully saturated rings. The van der Waals surface area contributed by atoms with Crippen LogP contribution < -0.4 is 16.0 Å². The first-order valence-electron chi connectivity index (χ1n) is 7.66. The van der Waals surface area contributed by atoms with Gasteiger partial charge in [-0.1, -0.05) is 12.1 Å². The second-order valence-corrected chi connectivity index (χ2v) is 6.69. The highest BCUT2D eigenvalue weighted by Gasteiger charge is 2.10. The standard InChI is InChI=1S/C16H26N4OS/c1-13(12-21-2)19-16(17)18-11-14-3-5-15(6-4-14)20-7-9-22-10-8-20/h3-6,13H,7-12H2,1-2H3,(H3,17,18,19). The molecule has 1 aromatic rings. The summed E-state index contributed by atoms with van der Waals surface area (Å²) in [5, 5.41) is 3.11. The molecule has 1 aliphatic rings. The number of nitrogens with one attached hydrogen (secondary N) is 1. The van der Waals surface area contributed by atoms with Crippen molar-refractivity contribution >= 4 is 23.4 Å². The lowest BCUT2D eigenvalue weighted by Gasteiger charge is -2.28. The van der Waals surface area contributed by atoms with Gasteiger partial charge in [-0.3, -0.25) is 0 Å². The maximum atomic E-state index is 5.87. The molecule has 1 heterocycles. The van der Waals surface area contributed by atoms with Gasteiger partial charge >= 0.3 is 0 Å². The second kappa shape index (κ2) is 8.90. The first-order valence-corrected chi connectivity index (χ1v) is 8.81. The number of hydrogen-bond donors (Lipinski definition) is 2. The maximum Gasteiger partial charge on any atom is 0.189 e. The van der Waals surface area contributed by atoms with Gasteiger partial charge in [-0.05, 0) is 24.6 Å². The smallest absolute Gasteiger partial charge is 0.189 e. The van der Waals surface area contributed by atoms with Gasteiger partial charge in [0.15, 0.2) is 5.96 Å². The molecule has 1 atom stereocenters. The number of benzene rings is 1. The van der Waals surface area contributed by atoms with E-state index >= 15 is 0 Å². The van der Waals surface area contributed by atoms with Crippen LogP contribution >= 0.6 is 11.8 Å². The van der Waals surface area contributed by atoms with Gasteiger partial charge in [-0.15, -0.1) is 0 Å². The zero-order chi connectivity index (χ0) is 15.8. The van der Waals surface area contributed by atoms with E-state index in [9.17, 15) is 0 Å². The number of nitrogens with zero attached hydrogens (tertiary/aromatic N) is 2. The fraction of sp³-hybridized carbons (Fsp3) is 0.562. The molecule has 0 aliphatic carbocycles. The number of rotatable bonds is 6. The highest BCUT2D eigenvalue weighted by atomic mass is 32.2. The second-order valence-electron chi connectivity index (χ2n) is 5.47. The third-order valence-electron chi connectivity index (χ3n) is 3.56. The molecule has 1 saturated heterocycles. The van der Waals surface area contributed by atoms with Gasteiger partial charge in [0.25, 0.3) is 0 Å². The number of aliphatic imine (C=N–C) groups is 1. The summed E-state index contributed by atoms with van der Waals surface area (Å²) in [6.07, 6.45) is 0. The molecular formula is C16H26N4OS. The summed E-state index contributed by atoms with van der Waals surface area (Å²) in [6.45, 7) is 5.48. The zero-order valence-electron chi connectivity index (χ0n) is 13.4. The van der Waals surface area contributed by atoms with E-state index in [1.54, 1.807) is 7.11 Å². The summed E-state index contributed by atoms with van der Waals surface area (Å²) in [6, 6.07) is 8.78. The van der Waals surface area contributed by atoms with Crippen LogP contribution in [0.1, 0.15) is 12.5 Å². The minimum atomic E-state index is 0.160. The molecule has 3 N–H and O–H groups in total. The van der Waals surface area contributed by atoms with Crippen molar-refractivity contribution in [1.29, 1.82) is 0 Å². The molecule has 0 amide bonds. The van der Waals surface area contributed by atoms with Crippen molar-refractivity contribution in [2.45, 2.75) is 19.5 Å². The van der Waals surface area contributed by atoms with Crippen LogP contribution in [0.25, 0.3) is 0 Å². The quantitative estimate of drug-likeness (QED) is 0.616. The van der Waals surface area contributed by atoms with E-state index < -0.39 is 0 Å². The number of ether oxygens (including phenoxy) is 1. The molecule has 0 saturated carbocycles. The third-order valence-corrected chi connectivity index (χ3v) is 4.50. The number of hydrogen-bond acceptors (Lipinski definition) is 4. The number of methoxy groups -OCH3 is 1. The van der Waals surface area contributed by atoms with Crippen molar-refractivity contribution in [3.05, 3.63) is 29.8 Å². The maximum absolute atomic E-state index is 5.87. The highest BCUT2D eigenvalue weighted by molar-refractivity contribution is 7.99. The van der Waals surface area contributed by atoms with E-state index in [-0.39, 0.29) is 6.04 Å². The SMILES string of the molecule is COCC(C)NC(N)=NCc1ccc(N2CCSCC2)cc1. The molecule has 1 aliphatic heterocycles. The lowest BCUT2D eigenvalue weighted by atomic mass is 10.2. The summed E-state index contributed by atoms with van der Waals surface area (Å²) in [5.74, 6) is 2.89. The van der Waals surface area contributed by atoms with Crippen LogP contribution in [0.4, 0.5) is 5.69 Å². The monoisotopic (exact) mass is 322 g/mol. The molecule has 5 nitrogen and oxygen atoms in total. The van der Waals surface area contributed by atoms with Gasteiger partial charge in [0.2, 0.25) is 0 Å². The fourth-order valence-corrected chi connectivity index (χ4v) is 3.30. The van der Waals surface area contributed by atoms with E-state index in [0.717, 1.165) is 13.1 Å². The number of thioether (sulfide) groups is 1. The summed E-state index contributed by atoms with van der Waals surface area (Å²) in [4.78, 5) is 6.81. The third kappa shape index (κ3) is 5.42. The number of nitrogens with two attached hydrogens (primary N) is 1. The minimum Gasteiger partial charge on any atom is -0.383 e. The van der Waals surface area contributed by atoms with Gasteiger partial charge in [-0.2, -0.15) is 11.8 Å². The molecule has 0 aromatic heterocycles. The van der Waals surface area contributed by atoms with E-state index in [4.69, 9.17) is 10.5 Å². The van der Waals surface area contributed by atoms with Crippen LogP contribution in [0.3, 0.4) is 0 Å². The molecule has 1 unspecified atom stereocenters. The van der Waals surface area contributed by atoms with E-state index in [2.05, 4.69) is 39.5 Å². The van der Waals surface area contributed by atoms with E-state index in [0.29, 0.717) is 19.1 Å².